The van der Waals surface area contributed by atoms with Crippen LogP contribution in [0.3, 0.4) is 0 Å². The molecule has 1 fully saturated rings. The van der Waals surface area contributed by atoms with Gasteiger partial charge in [-0.05, 0) is 31.6 Å². The molecule has 116 valence electrons. The van der Waals surface area contributed by atoms with E-state index in [-0.39, 0.29) is 17.9 Å². The van der Waals surface area contributed by atoms with Crippen molar-refractivity contribution in [3.63, 3.8) is 0 Å². The summed E-state index contributed by atoms with van der Waals surface area (Å²) in [5.74, 6) is 0.429. The summed E-state index contributed by atoms with van der Waals surface area (Å²) in [4.78, 5) is 26.7. The van der Waals surface area contributed by atoms with Gasteiger partial charge in [-0.2, -0.15) is 0 Å². The maximum atomic E-state index is 12.6. The van der Waals surface area contributed by atoms with Gasteiger partial charge in [-0.15, -0.1) is 0 Å². The number of hydrogen-bond acceptors (Lipinski definition) is 2. The molecule has 0 unspecified atom stereocenters. The lowest BCUT2D eigenvalue weighted by Crippen LogP contribution is -2.52. The second kappa shape index (κ2) is 7.09. The van der Waals surface area contributed by atoms with Gasteiger partial charge in [0.05, 0.1) is 0 Å². The Kier molecular flexibility index (Phi) is 6.03. The summed E-state index contributed by atoms with van der Waals surface area (Å²) >= 11 is 0. The average Bonchev–Trinajstić information content (AvgIpc) is 2.36. The Bertz CT molecular complexity index is 339. The molecule has 2 amide bonds. The van der Waals surface area contributed by atoms with Crippen molar-refractivity contribution in [3.8, 4) is 0 Å². The second-order valence-corrected chi connectivity index (χ2v) is 7.29. The van der Waals surface area contributed by atoms with Crippen LogP contribution in [-0.4, -0.2) is 35.8 Å². The molecule has 0 bridgehead atoms. The lowest BCUT2D eigenvalue weighted by atomic mass is 9.93. The van der Waals surface area contributed by atoms with E-state index in [1.807, 2.05) is 25.7 Å². The highest BCUT2D eigenvalue weighted by Crippen LogP contribution is 2.17. The molecule has 4 nitrogen and oxygen atoms in total. The Balaban J connectivity index is 2.72. The molecular weight excluding hydrogens is 252 g/mol. The van der Waals surface area contributed by atoms with E-state index in [0.717, 1.165) is 25.9 Å². The maximum Gasteiger partial charge on any atom is 0.245 e. The van der Waals surface area contributed by atoms with Gasteiger partial charge in [0.15, 0.2) is 0 Å². The van der Waals surface area contributed by atoms with Gasteiger partial charge in [-0.1, -0.05) is 34.6 Å². The van der Waals surface area contributed by atoms with E-state index < -0.39 is 5.41 Å². The number of carbonyl (C=O) groups excluding carboxylic acids is 2. The molecule has 0 aliphatic carbocycles. The first kappa shape index (κ1) is 17.0. The Labute approximate surface area is 123 Å². The zero-order chi connectivity index (χ0) is 15.3. The number of hydrogen-bond donors (Lipinski definition) is 1. The Morgan fingerprint density at radius 1 is 1.10 bits per heavy atom. The van der Waals surface area contributed by atoms with Gasteiger partial charge in [0.1, 0.15) is 6.04 Å². The zero-order valence-corrected chi connectivity index (χ0v) is 13.7. The minimum absolute atomic E-state index is 0.0477. The molecule has 0 spiro atoms. The van der Waals surface area contributed by atoms with Crippen LogP contribution in [0.25, 0.3) is 0 Å². The highest BCUT2D eigenvalue weighted by atomic mass is 16.2. The third-order valence-electron chi connectivity index (χ3n) is 3.66. The minimum atomic E-state index is -0.461. The Hall–Kier alpha value is -1.06. The Morgan fingerprint density at radius 2 is 1.65 bits per heavy atom. The van der Waals surface area contributed by atoms with E-state index in [4.69, 9.17) is 0 Å². The summed E-state index contributed by atoms with van der Waals surface area (Å²) in [7, 11) is 0. The highest BCUT2D eigenvalue weighted by molar-refractivity contribution is 5.89. The number of piperidine rings is 1. The van der Waals surface area contributed by atoms with E-state index in [2.05, 4.69) is 19.2 Å². The second-order valence-electron chi connectivity index (χ2n) is 7.29. The Morgan fingerprint density at radius 3 is 2.10 bits per heavy atom. The van der Waals surface area contributed by atoms with Crippen LogP contribution in [-0.2, 0) is 9.59 Å². The van der Waals surface area contributed by atoms with Gasteiger partial charge in [0, 0.05) is 18.5 Å². The van der Waals surface area contributed by atoms with E-state index in [0.29, 0.717) is 12.3 Å². The molecule has 1 rings (SSSR count). The molecule has 0 aromatic heterocycles. The summed E-state index contributed by atoms with van der Waals surface area (Å²) in [5, 5.41) is 2.96. The molecule has 20 heavy (non-hydrogen) atoms. The topological polar surface area (TPSA) is 49.4 Å². The molecule has 1 atom stereocenters. The quantitative estimate of drug-likeness (QED) is 0.861. The van der Waals surface area contributed by atoms with E-state index >= 15 is 0 Å². The van der Waals surface area contributed by atoms with Gasteiger partial charge in [0.25, 0.3) is 0 Å². The van der Waals surface area contributed by atoms with E-state index in [1.54, 1.807) is 0 Å². The van der Waals surface area contributed by atoms with Gasteiger partial charge < -0.3 is 10.2 Å². The molecule has 0 radical (unpaired) electrons. The largest absolute Gasteiger partial charge is 0.344 e. The molecule has 1 heterocycles. The van der Waals surface area contributed by atoms with Crippen LogP contribution in [0.4, 0.5) is 0 Å². The normalized spacial score (nSPS) is 18.0. The number of likely N-dealkylation sites (tertiary alicyclic amines) is 1. The van der Waals surface area contributed by atoms with Crippen LogP contribution in [0.15, 0.2) is 0 Å². The van der Waals surface area contributed by atoms with Crippen molar-refractivity contribution in [2.75, 3.05) is 13.1 Å². The van der Waals surface area contributed by atoms with Crippen molar-refractivity contribution in [2.24, 2.45) is 11.3 Å². The van der Waals surface area contributed by atoms with Crippen molar-refractivity contribution >= 4 is 11.8 Å². The molecule has 4 heteroatoms. The fourth-order valence-electron chi connectivity index (χ4n) is 2.40. The van der Waals surface area contributed by atoms with Crippen LogP contribution in [0.2, 0.25) is 0 Å². The fraction of sp³-hybridized carbons (Fsp3) is 0.875. The molecule has 1 saturated heterocycles. The van der Waals surface area contributed by atoms with Gasteiger partial charge in [-0.25, -0.2) is 0 Å². The molecule has 1 aliphatic heterocycles. The van der Waals surface area contributed by atoms with Crippen LogP contribution in [0.5, 0.6) is 0 Å². The van der Waals surface area contributed by atoms with Crippen molar-refractivity contribution < 1.29 is 9.59 Å². The van der Waals surface area contributed by atoms with E-state index in [1.165, 1.54) is 6.42 Å². The van der Waals surface area contributed by atoms with Crippen molar-refractivity contribution in [3.05, 3.63) is 0 Å². The van der Waals surface area contributed by atoms with Crippen LogP contribution in [0.1, 0.15) is 60.3 Å². The monoisotopic (exact) mass is 282 g/mol. The van der Waals surface area contributed by atoms with Crippen LogP contribution < -0.4 is 5.32 Å². The number of rotatable bonds is 4. The number of nitrogens with zero attached hydrogens (tertiary/aromatic N) is 1. The van der Waals surface area contributed by atoms with Gasteiger partial charge in [-0.3, -0.25) is 9.59 Å². The molecule has 0 aromatic rings. The number of carbonyl (C=O) groups is 2. The first-order chi connectivity index (χ1) is 9.21. The maximum absolute atomic E-state index is 12.6. The third-order valence-corrected chi connectivity index (χ3v) is 3.66. The van der Waals surface area contributed by atoms with Crippen molar-refractivity contribution in [2.45, 2.75) is 66.3 Å². The summed E-state index contributed by atoms with van der Waals surface area (Å²) in [5.41, 5.74) is -0.461. The lowest BCUT2D eigenvalue weighted by molar-refractivity contribution is -0.139. The molecule has 0 aromatic carbocycles. The molecule has 1 aliphatic rings. The number of amides is 2. The highest BCUT2D eigenvalue weighted by Gasteiger charge is 2.30. The molecular formula is C16H30N2O2. The van der Waals surface area contributed by atoms with Gasteiger partial charge in [0.2, 0.25) is 11.8 Å². The summed E-state index contributed by atoms with van der Waals surface area (Å²) in [6.45, 7) is 11.5. The first-order valence-electron chi connectivity index (χ1n) is 7.81. The summed E-state index contributed by atoms with van der Waals surface area (Å²) in [6.07, 6.45) is 4.06. The minimum Gasteiger partial charge on any atom is -0.344 e. The molecule has 1 N–H and O–H groups in total. The summed E-state index contributed by atoms with van der Waals surface area (Å²) < 4.78 is 0. The summed E-state index contributed by atoms with van der Waals surface area (Å²) in [6, 6.07) is -0.375. The third kappa shape index (κ3) is 5.14. The van der Waals surface area contributed by atoms with E-state index in [9.17, 15) is 9.59 Å². The molecule has 0 saturated carbocycles. The number of nitrogens with one attached hydrogen (secondary N) is 1. The average molecular weight is 282 g/mol. The smallest absolute Gasteiger partial charge is 0.245 e. The zero-order valence-electron chi connectivity index (χ0n) is 13.7. The SMILES string of the molecule is CC(C)C[C@@H](NC(=O)C(C)(C)C)C(=O)N1CCCCC1. The fourth-order valence-corrected chi connectivity index (χ4v) is 2.40. The van der Waals surface area contributed by atoms with Crippen molar-refractivity contribution in [1.29, 1.82) is 0 Å². The standard InChI is InChI=1S/C16H30N2O2/c1-12(2)11-13(17-15(20)16(3,4)5)14(19)18-9-7-6-8-10-18/h12-13H,6-11H2,1-5H3,(H,17,20)/t13-/m1/s1. The lowest BCUT2D eigenvalue weighted by Gasteiger charge is -2.32. The van der Waals surface area contributed by atoms with Crippen LogP contribution >= 0.6 is 0 Å². The van der Waals surface area contributed by atoms with Gasteiger partial charge >= 0.3 is 0 Å². The van der Waals surface area contributed by atoms with Crippen LogP contribution in [0, 0.1) is 11.3 Å². The first-order valence-corrected chi connectivity index (χ1v) is 7.81. The predicted octanol–water partition coefficient (Wildman–Crippen LogP) is 2.58. The van der Waals surface area contributed by atoms with Crippen molar-refractivity contribution in [1.82, 2.24) is 10.2 Å². The predicted molar refractivity (Wildman–Crippen MR) is 81.3 cm³/mol.